The molecular weight excluding hydrogens is 300 g/mol. The van der Waals surface area contributed by atoms with Crippen molar-refractivity contribution in [3.63, 3.8) is 0 Å². The van der Waals surface area contributed by atoms with Crippen LogP contribution in [0.2, 0.25) is 5.02 Å². The first-order valence-corrected chi connectivity index (χ1v) is 7.13. The van der Waals surface area contributed by atoms with Crippen molar-refractivity contribution in [2.75, 3.05) is 26.7 Å². The summed E-state index contributed by atoms with van der Waals surface area (Å²) in [5.41, 5.74) is 1.27. The van der Waals surface area contributed by atoms with Crippen LogP contribution in [0.3, 0.4) is 0 Å². The summed E-state index contributed by atoms with van der Waals surface area (Å²) in [7, 11) is 2.13. The molecule has 1 aromatic carbocycles. The highest BCUT2D eigenvalue weighted by molar-refractivity contribution is 9.10. The molecule has 0 heterocycles. The maximum atomic E-state index is 5.92. The lowest BCUT2D eigenvalue weighted by Crippen LogP contribution is -2.29. The summed E-state index contributed by atoms with van der Waals surface area (Å²) in [6.07, 6.45) is 1.19. The fourth-order valence-electron chi connectivity index (χ4n) is 1.59. The highest BCUT2D eigenvalue weighted by atomic mass is 79.9. The van der Waals surface area contributed by atoms with E-state index in [9.17, 15) is 0 Å². The molecule has 17 heavy (non-hydrogen) atoms. The van der Waals surface area contributed by atoms with E-state index in [4.69, 9.17) is 11.6 Å². The Morgan fingerprint density at radius 1 is 1.35 bits per heavy atom. The van der Waals surface area contributed by atoms with Crippen LogP contribution in [0, 0.1) is 0 Å². The van der Waals surface area contributed by atoms with Crippen molar-refractivity contribution in [3.8, 4) is 0 Å². The van der Waals surface area contributed by atoms with Gasteiger partial charge in [-0.3, -0.25) is 0 Å². The standard InChI is InChI=1S/C13H20BrClN2/c1-3-6-16-7-8-17(2)10-11-4-5-12(15)9-13(11)14/h4-5,9,16H,3,6-8,10H2,1-2H3. The highest BCUT2D eigenvalue weighted by Crippen LogP contribution is 2.22. The summed E-state index contributed by atoms with van der Waals surface area (Å²) in [5, 5.41) is 4.17. The zero-order chi connectivity index (χ0) is 12.7. The van der Waals surface area contributed by atoms with Gasteiger partial charge in [-0.2, -0.15) is 0 Å². The number of hydrogen-bond acceptors (Lipinski definition) is 2. The van der Waals surface area contributed by atoms with Gasteiger partial charge in [-0.1, -0.05) is 40.5 Å². The smallest absolute Gasteiger partial charge is 0.0417 e. The minimum Gasteiger partial charge on any atom is -0.315 e. The molecule has 0 aromatic heterocycles. The van der Waals surface area contributed by atoms with Gasteiger partial charge < -0.3 is 10.2 Å². The monoisotopic (exact) mass is 318 g/mol. The molecule has 1 aromatic rings. The van der Waals surface area contributed by atoms with E-state index in [1.807, 2.05) is 12.1 Å². The summed E-state index contributed by atoms with van der Waals surface area (Å²) in [6, 6.07) is 5.95. The van der Waals surface area contributed by atoms with Gasteiger partial charge >= 0.3 is 0 Å². The third-order valence-corrected chi connectivity index (χ3v) is 3.53. The molecule has 0 atom stereocenters. The Morgan fingerprint density at radius 3 is 2.76 bits per heavy atom. The topological polar surface area (TPSA) is 15.3 Å². The van der Waals surface area contributed by atoms with Crippen molar-refractivity contribution in [3.05, 3.63) is 33.3 Å². The summed E-state index contributed by atoms with van der Waals surface area (Å²) < 4.78 is 1.08. The van der Waals surface area contributed by atoms with Crippen molar-refractivity contribution in [1.29, 1.82) is 0 Å². The predicted octanol–water partition coefficient (Wildman–Crippen LogP) is 3.53. The third-order valence-electron chi connectivity index (χ3n) is 2.55. The van der Waals surface area contributed by atoms with Crippen LogP contribution in [0.25, 0.3) is 0 Å². The van der Waals surface area contributed by atoms with E-state index in [2.05, 4.69) is 46.2 Å². The molecule has 0 spiro atoms. The minimum atomic E-state index is 0.771. The second-order valence-electron chi connectivity index (χ2n) is 4.22. The predicted molar refractivity (Wildman–Crippen MR) is 78.6 cm³/mol. The Bertz CT molecular complexity index is 344. The van der Waals surface area contributed by atoms with Crippen LogP contribution in [0.5, 0.6) is 0 Å². The summed E-state index contributed by atoms with van der Waals surface area (Å²) in [4.78, 5) is 2.30. The van der Waals surface area contributed by atoms with Crippen LogP contribution < -0.4 is 5.32 Å². The molecular formula is C13H20BrClN2. The Hall–Kier alpha value is -0.0900. The van der Waals surface area contributed by atoms with Crippen molar-refractivity contribution < 1.29 is 0 Å². The van der Waals surface area contributed by atoms with Crippen LogP contribution in [0.15, 0.2) is 22.7 Å². The molecule has 0 saturated heterocycles. The lowest BCUT2D eigenvalue weighted by molar-refractivity contribution is 0.324. The Kier molecular flexibility index (Phi) is 7.12. The lowest BCUT2D eigenvalue weighted by atomic mass is 10.2. The van der Waals surface area contributed by atoms with Crippen LogP contribution in [-0.4, -0.2) is 31.6 Å². The second kappa shape index (κ2) is 8.09. The first kappa shape index (κ1) is 15.0. The minimum absolute atomic E-state index is 0.771. The molecule has 96 valence electrons. The number of hydrogen-bond donors (Lipinski definition) is 1. The van der Waals surface area contributed by atoms with E-state index in [1.165, 1.54) is 12.0 Å². The number of nitrogens with zero attached hydrogens (tertiary/aromatic N) is 1. The van der Waals surface area contributed by atoms with Crippen LogP contribution in [0.4, 0.5) is 0 Å². The average Bonchev–Trinajstić information content (AvgIpc) is 2.28. The van der Waals surface area contributed by atoms with Crippen molar-refractivity contribution in [2.24, 2.45) is 0 Å². The SMILES string of the molecule is CCCNCCN(C)Cc1ccc(Cl)cc1Br. The number of benzene rings is 1. The van der Waals surface area contributed by atoms with Crippen LogP contribution >= 0.6 is 27.5 Å². The van der Waals surface area contributed by atoms with Crippen molar-refractivity contribution in [2.45, 2.75) is 19.9 Å². The van der Waals surface area contributed by atoms with Gasteiger partial charge in [0.2, 0.25) is 0 Å². The fourth-order valence-corrected chi connectivity index (χ4v) is 2.40. The van der Waals surface area contributed by atoms with Gasteiger partial charge in [0.15, 0.2) is 0 Å². The summed E-state index contributed by atoms with van der Waals surface area (Å²) in [6.45, 7) is 6.30. The van der Waals surface area contributed by atoms with Gasteiger partial charge in [-0.25, -0.2) is 0 Å². The largest absolute Gasteiger partial charge is 0.315 e. The average molecular weight is 320 g/mol. The fraction of sp³-hybridized carbons (Fsp3) is 0.538. The van der Waals surface area contributed by atoms with Crippen LogP contribution in [0.1, 0.15) is 18.9 Å². The first-order chi connectivity index (χ1) is 8.13. The second-order valence-corrected chi connectivity index (χ2v) is 5.51. The first-order valence-electron chi connectivity index (χ1n) is 5.96. The number of nitrogens with one attached hydrogen (secondary N) is 1. The van der Waals surface area contributed by atoms with Crippen molar-refractivity contribution >= 4 is 27.5 Å². The van der Waals surface area contributed by atoms with E-state index >= 15 is 0 Å². The Morgan fingerprint density at radius 2 is 2.12 bits per heavy atom. The molecule has 0 radical (unpaired) electrons. The molecule has 0 saturated carbocycles. The van der Waals surface area contributed by atoms with Gasteiger partial charge in [0, 0.05) is 29.1 Å². The number of rotatable bonds is 7. The number of likely N-dealkylation sites (N-methyl/N-ethyl adjacent to an activating group) is 1. The van der Waals surface area contributed by atoms with Gasteiger partial charge in [-0.15, -0.1) is 0 Å². The summed E-state index contributed by atoms with van der Waals surface area (Å²) >= 11 is 9.46. The highest BCUT2D eigenvalue weighted by Gasteiger charge is 2.04. The molecule has 1 rings (SSSR count). The van der Waals surface area contributed by atoms with E-state index in [1.54, 1.807) is 0 Å². The van der Waals surface area contributed by atoms with E-state index in [0.29, 0.717) is 0 Å². The summed E-state index contributed by atoms with van der Waals surface area (Å²) in [5.74, 6) is 0. The van der Waals surface area contributed by atoms with Crippen molar-refractivity contribution in [1.82, 2.24) is 10.2 Å². The molecule has 0 aliphatic rings. The normalized spacial score (nSPS) is 11.1. The molecule has 2 nitrogen and oxygen atoms in total. The molecule has 0 bridgehead atoms. The third kappa shape index (κ3) is 5.87. The van der Waals surface area contributed by atoms with Crippen LogP contribution in [-0.2, 0) is 6.54 Å². The number of halogens is 2. The quantitative estimate of drug-likeness (QED) is 0.773. The molecule has 4 heteroatoms. The molecule has 0 unspecified atom stereocenters. The molecule has 1 N–H and O–H groups in total. The maximum absolute atomic E-state index is 5.92. The molecule has 0 aliphatic carbocycles. The zero-order valence-corrected chi connectivity index (χ0v) is 12.8. The van der Waals surface area contributed by atoms with Gasteiger partial charge in [0.25, 0.3) is 0 Å². The van der Waals surface area contributed by atoms with E-state index in [0.717, 1.165) is 35.7 Å². The molecule has 0 amide bonds. The molecule has 0 fully saturated rings. The Labute approximate surface area is 117 Å². The Balaban J connectivity index is 2.37. The van der Waals surface area contributed by atoms with E-state index in [-0.39, 0.29) is 0 Å². The van der Waals surface area contributed by atoms with Gasteiger partial charge in [0.05, 0.1) is 0 Å². The zero-order valence-electron chi connectivity index (χ0n) is 10.5. The van der Waals surface area contributed by atoms with E-state index < -0.39 is 0 Å². The lowest BCUT2D eigenvalue weighted by Gasteiger charge is -2.18. The van der Waals surface area contributed by atoms with Gasteiger partial charge in [0.1, 0.15) is 0 Å². The maximum Gasteiger partial charge on any atom is 0.0417 e. The molecule has 0 aliphatic heterocycles. The van der Waals surface area contributed by atoms with Gasteiger partial charge in [-0.05, 0) is 37.7 Å².